The number of hydrogen-bond acceptors (Lipinski definition) is 2. The Morgan fingerprint density at radius 2 is 2.06 bits per heavy atom. The molecule has 4 heteroatoms. The van der Waals surface area contributed by atoms with Crippen LogP contribution < -0.4 is 4.74 Å². The quantitative estimate of drug-likeness (QED) is 0.736. The fourth-order valence-electron chi connectivity index (χ4n) is 1.50. The number of ether oxygens (including phenoxy) is 1. The Hall–Kier alpha value is -0.510. The van der Waals surface area contributed by atoms with Crippen molar-refractivity contribution >= 4 is 38.9 Å². The van der Waals surface area contributed by atoms with Crippen LogP contribution in [0.4, 0.5) is 0 Å². The van der Waals surface area contributed by atoms with Crippen molar-refractivity contribution in [2.45, 2.75) is 5.38 Å². The highest BCUT2D eigenvalue weighted by Gasteiger charge is 2.18. The molecule has 0 aliphatic carbocycles. The van der Waals surface area contributed by atoms with Crippen LogP contribution in [-0.4, -0.2) is 7.11 Å². The van der Waals surface area contributed by atoms with Crippen molar-refractivity contribution in [1.29, 1.82) is 0 Å². The molecule has 2 aromatic rings. The highest BCUT2D eigenvalue weighted by Crippen LogP contribution is 2.40. The molecule has 1 aromatic carbocycles. The number of methoxy groups -OCH3 is 1. The summed E-state index contributed by atoms with van der Waals surface area (Å²) in [6.45, 7) is 0. The van der Waals surface area contributed by atoms with E-state index in [2.05, 4.69) is 15.9 Å². The number of rotatable bonds is 3. The van der Waals surface area contributed by atoms with Crippen LogP contribution in [0.5, 0.6) is 5.75 Å². The Bertz CT molecular complexity index is 483. The number of para-hydroxylation sites is 1. The first-order valence-corrected chi connectivity index (χ1v) is 6.85. The lowest BCUT2D eigenvalue weighted by Gasteiger charge is -2.12. The van der Waals surface area contributed by atoms with Gasteiger partial charge in [0.1, 0.15) is 5.75 Å². The average Bonchev–Trinajstić information content (AvgIpc) is 2.74. The van der Waals surface area contributed by atoms with Gasteiger partial charge >= 0.3 is 0 Å². The van der Waals surface area contributed by atoms with E-state index in [0.717, 1.165) is 20.7 Å². The second-order valence-corrected chi connectivity index (χ2v) is 5.48. The lowest BCUT2D eigenvalue weighted by atomic mass is 10.1. The summed E-state index contributed by atoms with van der Waals surface area (Å²) in [5, 5.41) is 1.84. The van der Waals surface area contributed by atoms with E-state index in [-0.39, 0.29) is 5.38 Å². The molecule has 1 aromatic heterocycles. The van der Waals surface area contributed by atoms with Gasteiger partial charge < -0.3 is 4.74 Å². The van der Waals surface area contributed by atoms with Crippen molar-refractivity contribution in [3.05, 3.63) is 50.6 Å². The van der Waals surface area contributed by atoms with Gasteiger partial charge in [0.15, 0.2) is 0 Å². The predicted molar refractivity (Wildman–Crippen MR) is 72.7 cm³/mol. The summed E-state index contributed by atoms with van der Waals surface area (Å²) in [6.07, 6.45) is 0. The first-order chi connectivity index (χ1) is 7.74. The van der Waals surface area contributed by atoms with Gasteiger partial charge in [-0.1, -0.05) is 18.2 Å². The zero-order valence-corrected chi connectivity index (χ0v) is 11.8. The van der Waals surface area contributed by atoms with E-state index >= 15 is 0 Å². The molecule has 0 amide bonds. The summed E-state index contributed by atoms with van der Waals surface area (Å²) in [5.41, 5.74) is 0.995. The molecule has 1 nitrogen and oxygen atoms in total. The fourth-order valence-corrected chi connectivity index (χ4v) is 3.68. The first-order valence-electron chi connectivity index (χ1n) is 4.74. The molecule has 0 saturated heterocycles. The maximum absolute atomic E-state index is 6.46. The van der Waals surface area contributed by atoms with E-state index in [0.29, 0.717) is 0 Å². The van der Waals surface area contributed by atoms with Crippen LogP contribution in [0.25, 0.3) is 0 Å². The lowest BCUT2D eigenvalue weighted by Crippen LogP contribution is -1.95. The fraction of sp³-hybridized carbons (Fsp3) is 0.167. The van der Waals surface area contributed by atoms with E-state index in [9.17, 15) is 0 Å². The van der Waals surface area contributed by atoms with E-state index in [1.807, 2.05) is 35.7 Å². The zero-order valence-electron chi connectivity index (χ0n) is 8.61. The van der Waals surface area contributed by atoms with Crippen molar-refractivity contribution < 1.29 is 4.74 Å². The molecule has 0 radical (unpaired) electrons. The molecule has 0 saturated carbocycles. The highest BCUT2D eigenvalue weighted by atomic mass is 79.9. The molecule has 0 fully saturated rings. The minimum Gasteiger partial charge on any atom is -0.496 e. The summed E-state index contributed by atoms with van der Waals surface area (Å²) in [4.78, 5) is 1.10. The third-order valence-corrected chi connectivity index (χ3v) is 4.81. The van der Waals surface area contributed by atoms with E-state index in [1.54, 1.807) is 18.4 Å². The molecule has 0 aliphatic heterocycles. The van der Waals surface area contributed by atoms with Gasteiger partial charge in [-0.3, -0.25) is 0 Å². The van der Waals surface area contributed by atoms with Gasteiger partial charge in [0.05, 0.1) is 12.5 Å². The van der Waals surface area contributed by atoms with Crippen molar-refractivity contribution in [3.8, 4) is 5.75 Å². The molecule has 1 unspecified atom stereocenters. The molecule has 0 spiro atoms. The maximum atomic E-state index is 6.46. The second-order valence-electron chi connectivity index (χ2n) is 3.24. The molecule has 0 N–H and O–H groups in total. The molecule has 1 atom stereocenters. The summed E-state index contributed by atoms with van der Waals surface area (Å²) >= 11 is 11.6. The van der Waals surface area contributed by atoms with Gasteiger partial charge in [-0.2, -0.15) is 0 Å². The summed E-state index contributed by atoms with van der Waals surface area (Å²) < 4.78 is 6.35. The minimum absolute atomic E-state index is 0.175. The van der Waals surface area contributed by atoms with Gasteiger partial charge in [-0.25, -0.2) is 0 Å². The Balaban J connectivity index is 2.41. The Kier molecular flexibility index (Phi) is 3.90. The molecule has 0 bridgehead atoms. The molecule has 1 heterocycles. The predicted octanol–water partition coefficient (Wildman–Crippen LogP) is 4.85. The van der Waals surface area contributed by atoms with E-state index < -0.39 is 0 Å². The van der Waals surface area contributed by atoms with Gasteiger partial charge in [0.2, 0.25) is 0 Å². The lowest BCUT2D eigenvalue weighted by molar-refractivity contribution is 0.410. The highest BCUT2D eigenvalue weighted by molar-refractivity contribution is 9.10. The third-order valence-electron chi connectivity index (χ3n) is 2.29. The van der Waals surface area contributed by atoms with Crippen LogP contribution in [0.2, 0.25) is 0 Å². The van der Waals surface area contributed by atoms with Crippen molar-refractivity contribution in [2.75, 3.05) is 7.11 Å². The second kappa shape index (κ2) is 5.21. The van der Waals surface area contributed by atoms with Crippen LogP contribution in [0, 0.1) is 0 Å². The van der Waals surface area contributed by atoms with Crippen molar-refractivity contribution in [2.24, 2.45) is 0 Å². The Morgan fingerprint density at radius 1 is 1.31 bits per heavy atom. The number of halogens is 2. The summed E-state index contributed by atoms with van der Waals surface area (Å²) in [7, 11) is 1.66. The molecule has 0 aliphatic rings. The van der Waals surface area contributed by atoms with Crippen molar-refractivity contribution in [1.82, 2.24) is 0 Å². The molecule has 84 valence electrons. The summed E-state index contributed by atoms with van der Waals surface area (Å²) in [5.74, 6) is 0.822. The smallest absolute Gasteiger partial charge is 0.123 e. The van der Waals surface area contributed by atoms with E-state index in [1.165, 1.54) is 0 Å². The minimum atomic E-state index is -0.175. The number of hydrogen-bond donors (Lipinski definition) is 0. The van der Waals surface area contributed by atoms with Gasteiger partial charge in [-0.05, 0) is 33.4 Å². The van der Waals surface area contributed by atoms with Gasteiger partial charge in [0, 0.05) is 14.9 Å². The molecule has 16 heavy (non-hydrogen) atoms. The Labute approximate surface area is 112 Å². The number of benzene rings is 1. The number of thiophene rings is 1. The van der Waals surface area contributed by atoms with Gasteiger partial charge in [0.25, 0.3) is 0 Å². The Morgan fingerprint density at radius 3 is 2.69 bits per heavy atom. The van der Waals surface area contributed by atoms with Crippen LogP contribution in [0.15, 0.2) is 40.2 Å². The number of alkyl halides is 1. The van der Waals surface area contributed by atoms with Crippen LogP contribution >= 0.6 is 38.9 Å². The van der Waals surface area contributed by atoms with Crippen LogP contribution in [0.1, 0.15) is 15.8 Å². The standard InChI is InChI=1S/C12H10BrClOS/c1-15-10-5-3-2-4-8(10)11(14)12-9(13)6-7-16-12/h2-7,11H,1H3. The molecular formula is C12H10BrClOS. The van der Waals surface area contributed by atoms with E-state index in [4.69, 9.17) is 16.3 Å². The topological polar surface area (TPSA) is 9.23 Å². The largest absolute Gasteiger partial charge is 0.496 e. The van der Waals surface area contributed by atoms with Crippen LogP contribution in [0.3, 0.4) is 0 Å². The monoisotopic (exact) mass is 316 g/mol. The van der Waals surface area contributed by atoms with Gasteiger partial charge in [-0.15, -0.1) is 22.9 Å². The third kappa shape index (κ3) is 2.26. The molecule has 2 rings (SSSR count). The molecular weight excluding hydrogens is 308 g/mol. The first kappa shape index (κ1) is 12.0. The normalized spacial score (nSPS) is 12.4. The summed E-state index contributed by atoms with van der Waals surface area (Å²) in [6, 6.07) is 9.82. The van der Waals surface area contributed by atoms with Crippen molar-refractivity contribution in [3.63, 3.8) is 0 Å². The zero-order chi connectivity index (χ0) is 11.5. The van der Waals surface area contributed by atoms with Crippen LogP contribution in [-0.2, 0) is 0 Å². The maximum Gasteiger partial charge on any atom is 0.123 e. The SMILES string of the molecule is COc1ccccc1C(Cl)c1sccc1Br. The average molecular weight is 318 g/mol.